The zero-order chi connectivity index (χ0) is 19.1. The quantitative estimate of drug-likeness (QED) is 0.590. The number of piperidine rings is 1. The molecular weight excluding hydrogens is 354 g/mol. The van der Waals surface area contributed by atoms with Crippen molar-refractivity contribution in [3.05, 3.63) is 52.0 Å². The Bertz CT molecular complexity index is 727. The van der Waals surface area contributed by atoms with Crippen LogP contribution in [0.3, 0.4) is 0 Å². The van der Waals surface area contributed by atoms with Crippen LogP contribution < -0.4 is 10.6 Å². The number of likely N-dealkylation sites (tertiary alicyclic amines) is 1. The minimum atomic E-state index is 0.465. The van der Waals surface area contributed by atoms with E-state index in [-0.39, 0.29) is 0 Å². The van der Waals surface area contributed by atoms with Crippen molar-refractivity contribution in [2.45, 2.75) is 58.8 Å². The number of thiazole rings is 1. The van der Waals surface area contributed by atoms with E-state index in [1.807, 2.05) is 12.4 Å². The van der Waals surface area contributed by atoms with Gasteiger partial charge < -0.3 is 10.6 Å². The molecular formula is C21H31N5S. The van der Waals surface area contributed by atoms with Gasteiger partial charge in [0.25, 0.3) is 0 Å². The molecule has 1 aliphatic rings. The van der Waals surface area contributed by atoms with Crippen LogP contribution in [0.15, 0.2) is 40.8 Å². The normalized spacial score (nSPS) is 21.2. The lowest BCUT2D eigenvalue weighted by Gasteiger charge is -2.38. The molecule has 2 aromatic rings. The van der Waals surface area contributed by atoms with E-state index in [4.69, 9.17) is 4.99 Å². The fraction of sp³-hybridized carbons (Fsp3) is 0.524. The van der Waals surface area contributed by atoms with Crippen molar-refractivity contribution in [3.8, 4) is 0 Å². The molecule has 1 aromatic heterocycles. The van der Waals surface area contributed by atoms with Crippen LogP contribution in [0.2, 0.25) is 0 Å². The maximum Gasteiger partial charge on any atom is 0.191 e. The Labute approximate surface area is 166 Å². The smallest absolute Gasteiger partial charge is 0.191 e. The highest BCUT2D eigenvalue weighted by atomic mass is 32.1. The molecule has 1 aliphatic heterocycles. The lowest BCUT2D eigenvalue weighted by atomic mass is 9.97. The van der Waals surface area contributed by atoms with Gasteiger partial charge in [-0.25, -0.2) is 9.98 Å². The van der Waals surface area contributed by atoms with Crippen LogP contribution in [0, 0.1) is 6.92 Å². The molecule has 0 aliphatic carbocycles. The Morgan fingerprint density at radius 1 is 1.33 bits per heavy atom. The molecule has 3 rings (SSSR count). The second-order valence-electron chi connectivity index (χ2n) is 7.23. The molecule has 6 heteroatoms. The summed E-state index contributed by atoms with van der Waals surface area (Å²) < 4.78 is 0. The summed E-state index contributed by atoms with van der Waals surface area (Å²) in [4.78, 5) is 12.9. The van der Waals surface area contributed by atoms with Crippen molar-refractivity contribution in [1.29, 1.82) is 0 Å². The largest absolute Gasteiger partial charge is 0.357 e. The fourth-order valence-corrected chi connectivity index (χ4v) is 4.25. The Balaban J connectivity index is 1.54. The van der Waals surface area contributed by atoms with Gasteiger partial charge in [0, 0.05) is 36.6 Å². The number of hydrogen-bond acceptors (Lipinski definition) is 4. The zero-order valence-electron chi connectivity index (χ0n) is 16.6. The summed E-state index contributed by atoms with van der Waals surface area (Å²) in [7, 11) is 0. The number of nitrogens with zero attached hydrogens (tertiary/aromatic N) is 3. The third-order valence-electron chi connectivity index (χ3n) is 5.15. The first-order valence-corrected chi connectivity index (χ1v) is 10.8. The van der Waals surface area contributed by atoms with Crippen molar-refractivity contribution in [1.82, 2.24) is 20.5 Å². The van der Waals surface area contributed by atoms with Crippen molar-refractivity contribution >= 4 is 17.3 Å². The van der Waals surface area contributed by atoms with E-state index in [0.29, 0.717) is 18.6 Å². The maximum absolute atomic E-state index is 4.77. The van der Waals surface area contributed by atoms with Gasteiger partial charge in [-0.3, -0.25) is 4.90 Å². The predicted molar refractivity (Wildman–Crippen MR) is 114 cm³/mol. The molecule has 1 saturated heterocycles. The molecule has 2 heterocycles. The Morgan fingerprint density at radius 3 is 2.81 bits per heavy atom. The summed E-state index contributed by atoms with van der Waals surface area (Å²) in [5, 5.41) is 7.04. The van der Waals surface area contributed by atoms with Gasteiger partial charge in [-0.1, -0.05) is 30.3 Å². The van der Waals surface area contributed by atoms with Gasteiger partial charge in [-0.2, -0.15) is 0 Å². The first-order chi connectivity index (χ1) is 13.2. The van der Waals surface area contributed by atoms with Crippen LogP contribution in [-0.4, -0.2) is 41.0 Å². The molecule has 0 amide bonds. The minimum Gasteiger partial charge on any atom is -0.357 e. The number of aryl methyl sites for hydroxylation is 1. The Morgan fingerprint density at radius 2 is 2.15 bits per heavy atom. The molecule has 146 valence electrons. The topological polar surface area (TPSA) is 52.6 Å². The monoisotopic (exact) mass is 385 g/mol. The molecule has 1 aromatic carbocycles. The zero-order valence-corrected chi connectivity index (χ0v) is 17.4. The minimum absolute atomic E-state index is 0.465. The van der Waals surface area contributed by atoms with Gasteiger partial charge >= 0.3 is 0 Å². The lowest BCUT2D eigenvalue weighted by molar-refractivity contribution is 0.134. The molecule has 27 heavy (non-hydrogen) atoms. The van der Waals surface area contributed by atoms with Crippen molar-refractivity contribution in [2.24, 2.45) is 4.99 Å². The van der Waals surface area contributed by atoms with E-state index in [1.54, 1.807) is 11.3 Å². The highest BCUT2D eigenvalue weighted by molar-refractivity contribution is 7.09. The lowest BCUT2D eigenvalue weighted by Crippen LogP contribution is -2.51. The van der Waals surface area contributed by atoms with Crippen LogP contribution in [0.1, 0.15) is 42.8 Å². The third kappa shape index (κ3) is 5.78. The first-order valence-electron chi connectivity index (χ1n) is 9.87. The van der Waals surface area contributed by atoms with E-state index in [0.717, 1.165) is 44.1 Å². The number of hydrogen-bond donors (Lipinski definition) is 2. The molecule has 0 bridgehead atoms. The fourth-order valence-electron chi connectivity index (χ4n) is 3.55. The molecule has 2 N–H and O–H groups in total. The number of benzene rings is 1. The highest BCUT2D eigenvalue weighted by Gasteiger charge is 2.25. The second kappa shape index (κ2) is 9.85. The van der Waals surface area contributed by atoms with Gasteiger partial charge in [0.05, 0.1) is 17.7 Å². The van der Waals surface area contributed by atoms with Crippen molar-refractivity contribution in [2.75, 3.05) is 13.1 Å². The number of guanidine groups is 1. The summed E-state index contributed by atoms with van der Waals surface area (Å²) in [5.74, 6) is 0.916. The van der Waals surface area contributed by atoms with Gasteiger partial charge in [-0.05, 0) is 39.2 Å². The van der Waals surface area contributed by atoms with Gasteiger partial charge in [-0.15, -0.1) is 11.3 Å². The van der Waals surface area contributed by atoms with Gasteiger partial charge in [0.1, 0.15) is 0 Å². The van der Waals surface area contributed by atoms with Crippen molar-refractivity contribution in [3.63, 3.8) is 0 Å². The van der Waals surface area contributed by atoms with Crippen LogP contribution in [0.25, 0.3) is 0 Å². The summed E-state index contributed by atoms with van der Waals surface area (Å²) in [5.41, 5.74) is 4.37. The van der Waals surface area contributed by atoms with Crippen LogP contribution in [0.5, 0.6) is 0 Å². The molecule has 0 radical (unpaired) electrons. The van der Waals surface area contributed by atoms with E-state index < -0.39 is 0 Å². The SMILES string of the molecule is CCNC(=NCc1scnc1C)NC1CCN(Cc2ccccc2)C(C)C1. The van der Waals surface area contributed by atoms with Crippen molar-refractivity contribution < 1.29 is 0 Å². The van der Waals surface area contributed by atoms with Crippen LogP contribution in [0.4, 0.5) is 0 Å². The number of rotatable bonds is 6. The standard InChI is InChI=1S/C21H31N5S/c1-4-22-21(23-13-20-17(3)24-15-27-20)25-19-10-11-26(16(2)12-19)14-18-8-6-5-7-9-18/h5-9,15-16,19H,4,10-14H2,1-3H3,(H2,22,23,25). The van der Waals surface area contributed by atoms with E-state index in [1.165, 1.54) is 10.4 Å². The highest BCUT2D eigenvalue weighted by Crippen LogP contribution is 2.20. The van der Waals surface area contributed by atoms with E-state index in [2.05, 4.69) is 64.7 Å². The molecule has 0 spiro atoms. The third-order valence-corrected chi connectivity index (χ3v) is 6.07. The molecule has 1 fully saturated rings. The molecule has 2 unspecified atom stereocenters. The first kappa shape index (κ1) is 19.8. The maximum atomic E-state index is 4.77. The van der Waals surface area contributed by atoms with Crippen LogP contribution in [-0.2, 0) is 13.1 Å². The van der Waals surface area contributed by atoms with Crippen LogP contribution >= 0.6 is 11.3 Å². The van der Waals surface area contributed by atoms with E-state index in [9.17, 15) is 0 Å². The number of nitrogens with one attached hydrogen (secondary N) is 2. The summed E-state index contributed by atoms with van der Waals surface area (Å²) >= 11 is 1.68. The van der Waals surface area contributed by atoms with Gasteiger partial charge in [0.15, 0.2) is 5.96 Å². The molecule has 5 nitrogen and oxygen atoms in total. The number of aromatic nitrogens is 1. The van der Waals surface area contributed by atoms with Gasteiger partial charge in [0.2, 0.25) is 0 Å². The Kier molecular flexibility index (Phi) is 7.24. The summed E-state index contributed by atoms with van der Waals surface area (Å²) in [6.45, 7) is 10.2. The van der Waals surface area contributed by atoms with E-state index >= 15 is 0 Å². The Hall–Kier alpha value is -1.92. The number of aliphatic imine (C=N–C) groups is 1. The average molecular weight is 386 g/mol. The predicted octanol–water partition coefficient (Wildman–Crippen LogP) is 3.56. The molecule has 0 saturated carbocycles. The summed E-state index contributed by atoms with van der Waals surface area (Å²) in [6.07, 6.45) is 2.28. The average Bonchev–Trinajstić information content (AvgIpc) is 3.08. The summed E-state index contributed by atoms with van der Waals surface area (Å²) in [6, 6.07) is 11.8. The second-order valence-corrected chi connectivity index (χ2v) is 8.17. The molecule has 2 atom stereocenters.